The summed E-state index contributed by atoms with van der Waals surface area (Å²) in [6, 6.07) is 9.45. The van der Waals surface area contributed by atoms with E-state index in [1.807, 2.05) is 36.6 Å². The normalized spacial score (nSPS) is 16.5. The fourth-order valence-electron chi connectivity index (χ4n) is 1.84. The zero-order chi connectivity index (χ0) is 15.2. The Balaban J connectivity index is 2.34. The van der Waals surface area contributed by atoms with E-state index in [2.05, 4.69) is 22.1 Å². The number of benzene rings is 1. The monoisotopic (exact) mass is 339 g/mol. The third-order valence-corrected chi connectivity index (χ3v) is 4.31. The fourth-order valence-corrected chi connectivity index (χ4v) is 3.16. The molecule has 6 heteroatoms. The van der Waals surface area contributed by atoms with E-state index in [9.17, 15) is 0 Å². The molecule has 1 aromatic carbocycles. The number of halogens is 2. The van der Waals surface area contributed by atoms with E-state index in [1.54, 1.807) is 11.8 Å². The maximum atomic E-state index is 6.36. The topological polar surface area (TPSA) is 37.1 Å². The van der Waals surface area contributed by atoms with Gasteiger partial charge in [-0.05, 0) is 30.4 Å². The maximum absolute atomic E-state index is 6.36. The molecule has 0 unspecified atom stereocenters. The molecule has 0 saturated carbocycles. The molecule has 1 aromatic rings. The zero-order valence-electron chi connectivity index (χ0n) is 11.8. The van der Waals surface area contributed by atoms with Crippen LogP contribution in [0.15, 0.2) is 66.9 Å². The number of rotatable bonds is 4. The smallest absolute Gasteiger partial charge is 0.159 e. The molecule has 0 bridgehead atoms. The van der Waals surface area contributed by atoms with Crippen LogP contribution in [0.4, 0.5) is 5.69 Å². The molecule has 0 amide bonds. The first-order valence-electron chi connectivity index (χ1n) is 6.51. The van der Waals surface area contributed by atoms with E-state index >= 15 is 0 Å². The van der Waals surface area contributed by atoms with Crippen molar-refractivity contribution in [3.05, 3.63) is 51.7 Å². The minimum atomic E-state index is 0.285. The average Bonchev–Trinajstić information content (AvgIpc) is 2.62. The second-order valence-electron chi connectivity index (χ2n) is 4.33. The van der Waals surface area contributed by atoms with Gasteiger partial charge in [-0.25, -0.2) is 4.99 Å². The predicted molar refractivity (Wildman–Crippen MR) is 92.6 cm³/mol. The van der Waals surface area contributed by atoms with Gasteiger partial charge in [0.25, 0.3) is 0 Å². The van der Waals surface area contributed by atoms with Gasteiger partial charge in [0.15, 0.2) is 5.17 Å². The van der Waals surface area contributed by atoms with Crippen LogP contribution in [-0.2, 0) is 0 Å². The molecule has 0 spiro atoms. The van der Waals surface area contributed by atoms with Crippen molar-refractivity contribution < 1.29 is 0 Å². The highest BCUT2D eigenvalue weighted by Crippen LogP contribution is 2.34. The first kappa shape index (κ1) is 16.3. The Morgan fingerprint density at radius 2 is 1.90 bits per heavy atom. The van der Waals surface area contributed by atoms with Crippen molar-refractivity contribution in [3.8, 4) is 0 Å². The Morgan fingerprint density at radius 3 is 2.52 bits per heavy atom. The molecule has 0 aromatic heterocycles. The van der Waals surface area contributed by atoms with Crippen molar-refractivity contribution in [2.75, 3.05) is 6.26 Å². The molecule has 0 aliphatic carbocycles. The predicted octanol–water partition coefficient (Wildman–Crippen LogP) is 6.25. The van der Waals surface area contributed by atoms with Crippen molar-refractivity contribution in [1.29, 1.82) is 0 Å². The van der Waals surface area contributed by atoms with E-state index in [-0.39, 0.29) is 5.17 Å². The first-order valence-corrected chi connectivity index (χ1v) is 8.49. The molecule has 21 heavy (non-hydrogen) atoms. The van der Waals surface area contributed by atoms with Crippen LogP contribution >= 0.6 is 35.0 Å². The van der Waals surface area contributed by atoms with Gasteiger partial charge >= 0.3 is 0 Å². The maximum Gasteiger partial charge on any atom is 0.159 e. The minimum absolute atomic E-state index is 0.285. The van der Waals surface area contributed by atoms with Gasteiger partial charge in [0.1, 0.15) is 5.70 Å². The summed E-state index contributed by atoms with van der Waals surface area (Å²) in [6.45, 7) is 2.08. The Bertz CT molecular complexity index is 634. The van der Waals surface area contributed by atoms with Crippen molar-refractivity contribution in [2.45, 2.75) is 19.8 Å². The molecule has 1 heterocycles. The van der Waals surface area contributed by atoms with Gasteiger partial charge in [-0.1, -0.05) is 48.3 Å². The molecule has 0 fully saturated rings. The molecule has 1 aliphatic rings. The summed E-state index contributed by atoms with van der Waals surface area (Å²) in [4.78, 5) is 4.42. The van der Waals surface area contributed by atoms with Crippen LogP contribution in [0.2, 0.25) is 0 Å². The number of azo groups is 1. The molecular weight excluding hydrogens is 325 g/mol. The number of allylic oxidation sites excluding steroid dienone is 3. The third-order valence-electron chi connectivity index (χ3n) is 2.96. The molecule has 3 nitrogen and oxygen atoms in total. The summed E-state index contributed by atoms with van der Waals surface area (Å²) in [6.07, 6.45) is 3.46. The lowest BCUT2D eigenvalue weighted by Gasteiger charge is -2.04. The number of thioether (sulfide) groups is 1. The Morgan fingerprint density at radius 1 is 1.19 bits per heavy atom. The molecule has 0 saturated heterocycles. The quantitative estimate of drug-likeness (QED) is 0.597. The highest BCUT2D eigenvalue weighted by molar-refractivity contribution is 8.02. The second kappa shape index (κ2) is 7.78. The number of hydrogen-bond donors (Lipinski definition) is 0. The molecule has 2 rings (SSSR count). The molecular formula is C15H15Cl2N3S. The van der Waals surface area contributed by atoms with E-state index in [1.165, 1.54) is 0 Å². The fraction of sp³-hybridized carbons (Fsp3) is 0.267. The van der Waals surface area contributed by atoms with Crippen LogP contribution in [0.3, 0.4) is 0 Å². The number of nitrogens with zero attached hydrogens (tertiary/aromatic N) is 3. The number of hydrogen-bond acceptors (Lipinski definition) is 4. The highest BCUT2D eigenvalue weighted by Gasteiger charge is 2.18. The van der Waals surface area contributed by atoms with E-state index in [0.717, 1.165) is 22.7 Å². The van der Waals surface area contributed by atoms with Crippen LogP contribution in [-0.4, -0.2) is 11.4 Å². The van der Waals surface area contributed by atoms with Gasteiger partial charge in [-0.15, -0.1) is 16.9 Å². The van der Waals surface area contributed by atoms with Gasteiger partial charge in [-0.2, -0.15) is 5.11 Å². The molecule has 1 aliphatic heterocycles. The second-order valence-corrected chi connectivity index (χ2v) is 5.94. The van der Waals surface area contributed by atoms with Crippen molar-refractivity contribution in [1.82, 2.24) is 0 Å². The van der Waals surface area contributed by atoms with Crippen LogP contribution < -0.4 is 0 Å². The Kier molecular flexibility index (Phi) is 6.03. The lowest BCUT2D eigenvalue weighted by Crippen LogP contribution is -1.92. The van der Waals surface area contributed by atoms with Crippen molar-refractivity contribution in [3.63, 3.8) is 0 Å². The van der Waals surface area contributed by atoms with E-state index in [4.69, 9.17) is 23.2 Å². The standard InChI is InChI=1S/C15H15Cl2N3S/c1-3-10-9-12(16)13(14(17)18-15(10)21-2)20-19-11-7-5-4-6-8-11/h4-8H,3,9H2,1-2H3. The van der Waals surface area contributed by atoms with Crippen LogP contribution in [0.5, 0.6) is 0 Å². The Hall–Kier alpha value is -1.10. The van der Waals surface area contributed by atoms with Crippen LogP contribution in [0.1, 0.15) is 19.8 Å². The highest BCUT2D eigenvalue weighted by atomic mass is 35.5. The lowest BCUT2D eigenvalue weighted by molar-refractivity contribution is 1.00. The molecule has 110 valence electrons. The zero-order valence-corrected chi connectivity index (χ0v) is 14.1. The van der Waals surface area contributed by atoms with Gasteiger partial charge in [0.2, 0.25) is 0 Å². The van der Waals surface area contributed by atoms with E-state index < -0.39 is 0 Å². The molecule has 0 atom stereocenters. The summed E-state index contributed by atoms with van der Waals surface area (Å²) in [5, 5.41) is 10.1. The first-order chi connectivity index (χ1) is 10.2. The summed E-state index contributed by atoms with van der Waals surface area (Å²) >= 11 is 14.2. The van der Waals surface area contributed by atoms with Crippen molar-refractivity contribution >= 4 is 45.8 Å². The third kappa shape index (κ3) is 4.19. The lowest BCUT2D eigenvalue weighted by atomic mass is 10.1. The summed E-state index contributed by atoms with van der Waals surface area (Å²) in [5.41, 5.74) is 2.35. The van der Waals surface area contributed by atoms with Crippen molar-refractivity contribution in [2.24, 2.45) is 15.2 Å². The molecule has 0 radical (unpaired) electrons. The van der Waals surface area contributed by atoms with Gasteiger partial charge in [0.05, 0.1) is 15.7 Å². The van der Waals surface area contributed by atoms with Crippen LogP contribution in [0, 0.1) is 0 Å². The summed E-state index contributed by atoms with van der Waals surface area (Å²) < 4.78 is 0. The van der Waals surface area contributed by atoms with E-state index in [0.29, 0.717) is 17.2 Å². The number of aliphatic imine (C=N–C) groups is 1. The summed E-state index contributed by atoms with van der Waals surface area (Å²) in [7, 11) is 0. The average molecular weight is 340 g/mol. The van der Waals surface area contributed by atoms with Gasteiger partial charge in [0, 0.05) is 6.42 Å². The SMILES string of the molecule is CCC1=C(SC)N=C(Cl)C(N=Nc2ccccc2)=C(Cl)C1. The van der Waals surface area contributed by atoms with Gasteiger partial charge in [-0.3, -0.25) is 0 Å². The molecule has 0 N–H and O–H groups in total. The minimum Gasteiger partial charge on any atom is -0.227 e. The largest absolute Gasteiger partial charge is 0.227 e. The van der Waals surface area contributed by atoms with Gasteiger partial charge < -0.3 is 0 Å². The Labute approximate surface area is 138 Å². The summed E-state index contributed by atoms with van der Waals surface area (Å²) in [5.74, 6) is 0. The van der Waals surface area contributed by atoms with Crippen LogP contribution in [0.25, 0.3) is 0 Å².